The average Bonchev–Trinajstić information content (AvgIpc) is 2.39. The molecule has 0 fully saturated rings. The van der Waals surface area contributed by atoms with Crippen LogP contribution >= 0.6 is 0 Å². The van der Waals surface area contributed by atoms with Gasteiger partial charge in [-0.25, -0.2) is 4.39 Å². The Bertz CT molecular complexity index is 593. The van der Waals surface area contributed by atoms with Crippen molar-refractivity contribution < 1.29 is 9.18 Å². The fourth-order valence-electron chi connectivity index (χ4n) is 2.14. The number of halogens is 1. The van der Waals surface area contributed by atoms with E-state index in [9.17, 15) is 9.18 Å². The Morgan fingerprint density at radius 1 is 1.20 bits per heavy atom. The zero-order valence-electron chi connectivity index (χ0n) is 11.8. The van der Waals surface area contributed by atoms with E-state index >= 15 is 0 Å². The lowest BCUT2D eigenvalue weighted by Crippen LogP contribution is -2.08. The van der Waals surface area contributed by atoms with Gasteiger partial charge in [0.15, 0.2) is 0 Å². The number of ketones is 1. The Labute approximate surface area is 118 Å². The van der Waals surface area contributed by atoms with Gasteiger partial charge in [0.2, 0.25) is 0 Å². The van der Waals surface area contributed by atoms with Crippen LogP contribution in [0.1, 0.15) is 36.6 Å². The molecule has 0 saturated carbocycles. The summed E-state index contributed by atoms with van der Waals surface area (Å²) in [5.41, 5.74) is 2.15. The summed E-state index contributed by atoms with van der Waals surface area (Å²) in [6.45, 7) is 3.90. The standard InChI is InChI=1S/C17H18FNO/c1-12(2)16-7-6-13(10-17(16)18)9-15(20)11-14-5-3-4-8-19-14/h3-8,10,12H,9,11H2,1-2H3. The Hall–Kier alpha value is -2.03. The van der Waals surface area contributed by atoms with Crippen LogP contribution in [0.5, 0.6) is 0 Å². The van der Waals surface area contributed by atoms with E-state index < -0.39 is 0 Å². The SMILES string of the molecule is CC(C)c1ccc(CC(=O)Cc2ccccn2)cc1F. The van der Waals surface area contributed by atoms with Gasteiger partial charge in [-0.2, -0.15) is 0 Å². The summed E-state index contributed by atoms with van der Waals surface area (Å²) in [5.74, 6) is -0.0446. The first-order valence-corrected chi connectivity index (χ1v) is 6.76. The summed E-state index contributed by atoms with van der Waals surface area (Å²) in [4.78, 5) is 16.1. The van der Waals surface area contributed by atoms with Crippen molar-refractivity contribution in [1.29, 1.82) is 0 Å². The van der Waals surface area contributed by atoms with Crippen LogP contribution in [0.25, 0.3) is 0 Å². The van der Waals surface area contributed by atoms with E-state index in [-0.39, 0.29) is 30.4 Å². The van der Waals surface area contributed by atoms with Crippen molar-refractivity contribution in [2.75, 3.05) is 0 Å². The van der Waals surface area contributed by atoms with Crippen LogP contribution in [-0.4, -0.2) is 10.8 Å². The molecule has 2 rings (SSSR count). The molecule has 2 nitrogen and oxygen atoms in total. The lowest BCUT2D eigenvalue weighted by Gasteiger charge is -2.08. The summed E-state index contributed by atoms with van der Waals surface area (Å²) in [6, 6.07) is 10.5. The van der Waals surface area contributed by atoms with Crippen LogP contribution in [-0.2, 0) is 17.6 Å². The third kappa shape index (κ3) is 3.73. The van der Waals surface area contributed by atoms with Gasteiger partial charge in [0.1, 0.15) is 11.6 Å². The van der Waals surface area contributed by atoms with Gasteiger partial charge in [0.25, 0.3) is 0 Å². The van der Waals surface area contributed by atoms with Crippen molar-refractivity contribution in [1.82, 2.24) is 4.98 Å². The molecule has 0 aliphatic heterocycles. The second-order valence-corrected chi connectivity index (χ2v) is 5.22. The fraction of sp³-hybridized carbons (Fsp3) is 0.294. The van der Waals surface area contributed by atoms with E-state index in [2.05, 4.69) is 4.98 Å². The second-order valence-electron chi connectivity index (χ2n) is 5.22. The Morgan fingerprint density at radius 2 is 2.00 bits per heavy atom. The molecular weight excluding hydrogens is 253 g/mol. The van der Waals surface area contributed by atoms with Crippen LogP contribution in [0.15, 0.2) is 42.6 Å². The molecule has 104 valence electrons. The highest BCUT2D eigenvalue weighted by Crippen LogP contribution is 2.19. The molecule has 0 N–H and O–H groups in total. The van der Waals surface area contributed by atoms with E-state index in [1.807, 2.05) is 38.1 Å². The van der Waals surface area contributed by atoms with E-state index in [1.165, 1.54) is 6.07 Å². The van der Waals surface area contributed by atoms with Gasteiger partial charge in [-0.3, -0.25) is 9.78 Å². The molecule has 0 unspecified atom stereocenters. The number of benzene rings is 1. The van der Waals surface area contributed by atoms with Gasteiger partial charge >= 0.3 is 0 Å². The maximum Gasteiger partial charge on any atom is 0.143 e. The average molecular weight is 271 g/mol. The first-order chi connectivity index (χ1) is 9.56. The minimum absolute atomic E-state index is 0.0420. The largest absolute Gasteiger partial charge is 0.299 e. The molecule has 0 saturated heterocycles. The smallest absolute Gasteiger partial charge is 0.143 e. The summed E-state index contributed by atoms with van der Waals surface area (Å²) >= 11 is 0. The minimum atomic E-state index is -0.233. The summed E-state index contributed by atoms with van der Waals surface area (Å²) < 4.78 is 13.9. The molecule has 0 radical (unpaired) electrons. The van der Waals surface area contributed by atoms with Crippen LogP contribution in [0, 0.1) is 5.82 Å². The minimum Gasteiger partial charge on any atom is -0.299 e. The fourth-order valence-corrected chi connectivity index (χ4v) is 2.14. The molecular formula is C17H18FNO. The predicted octanol–water partition coefficient (Wildman–Crippen LogP) is 3.70. The number of aromatic nitrogens is 1. The predicted molar refractivity (Wildman–Crippen MR) is 77.1 cm³/mol. The van der Waals surface area contributed by atoms with Crippen molar-refractivity contribution in [3.8, 4) is 0 Å². The molecule has 3 heteroatoms. The normalized spacial score (nSPS) is 10.8. The van der Waals surface area contributed by atoms with E-state index in [1.54, 1.807) is 12.3 Å². The van der Waals surface area contributed by atoms with Crippen molar-refractivity contribution in [2.24, 2.45) is 0 Å². The van der Waals surface area contributed by atoms with Gasteiger partial charge in [0.05, 0.1) is 0 Å². The summed E-state index contributed by atoms with van der Waals surface area (Å²) in [6.07, 6.45) is 2.19. The highest BCUT2D eigenvalue weighted by molar-refractivity contribution is 5.82. The number of pyridine rings is 1. The number of Topliss-reactive ketones (excluding diaryl/α,β-unsaturated/α-hetero) is 1. The second kappa shape index (κ2) is 6.42. The van der Waals surface area contributed by atoms with Crippen LogP contribution < -0.4 is 0 Å². The maximum atomic E-state index is 13.9. The molecule has 2 aromatic rings. The third-order valence-corrected chi connectivity index (χ3v) is 3.19. The Kier molecular flexibility index (Phi) is 4.61. The monoisotopic (exact) mass is 271 g/mol. The summed E-state index contributed by atoms with van der Waals surface area (Å²) in [5, 5.41) is 0. The van der Waals surface area contributed by atoms with Crippen LogP contribution in [0.4, 0.5) is 4.39 Å². The zero-order chi connectivity index (χ0) is 14.5. The lowest BCUT2D eigenvalue weighted by atomic mass is 9.98. The number of nitrogens with zero attached hydrogens (tertiary/aromatic N) is 1. The van der Waals surface area contributed by atoms with Gasteiger partial charge in [-0.05, 0) is 35.2 Å². The number of hydrogen-bond donors (Lipinski definition) is 0. The van der Waals surface area contributed by atoms with E-state index in [4.69, 9.17) is 0 Å². The van der Waals surface area contributed by atoms with Crippen LogP contribution in [0.3, 0.4) is 0 Å². The maximum absolute atomic E-state index is 13.9. The van der Waals surface area contributed by atoms with Crippen molar-refractivity contribution in [3.63, 3.8) is 0 Å². The Morgan fingerprint density at radius 3 is 2.60 bits per heavy atom. The molecule has 20 heavy (non-hydrogen) atoms. The van der Waals surface area contributed by atoms with Gasteiger partial charge in [0, 0.05) is 24.7 Å². The topological polar surface area (TPSA) is 30.0 Å². The Balaban J connectivity index is 2.03. The van der Waals surface area contributed by atoms with Gasteiger partial charge in [-0.15, -0.1) is 0 Å². The quantitative estimate of drug-likeness (QED) is 0.830. The van der Waals surface area contributed by atoms with Crippen molar-refractivity contribution in [2.45, 2.75) is 32.6 Å². The lowest BCUT2D eigenvalue weighted by molar-refractivity contribution is -0.117. The third-order valence-electron chi connectivity index (χ3n) is 3.19. The molecule has 0 bridgehead atoms. The molecule has 0 aliphatic carbocycles. The molecule has 0 atom stereocenters. The molecule has 1 aromatic heterocycles. The van der Waals surface area contributed by atoms with Gasteiger partial charge in [-0.1, -0.05) is 32.0 Å². The first-order valence-electron chi connectivity index (χ1n) is 6.76. The van der Waals surface area contributed by atoms with Crippen LogP contribution in [0.2, 0.25) is 0 Å². The van der Waals surface area contributed by atoms with E-state index in [0.29, 0.717) is 11.1 Å². The van der Waals surface area contributed by atoms with Crippen molar-refractivity contribution in [3.05, 3.63) is 65.2 Å². The molecule has 1 aromatic carbocycles. The summed E-state index contributed by atoms with van der Waals surface area (Å²) in [7, 11) is 0. The molecule has 0 spiro atoms. The van der Waals surface area contributed by atoms with E-state index in [0.717, 1.165) is 5.69 Å². The van der Waals surface area contributed by atoms with Crippen molar-refractivity contribution >= 4 is 5.78 Å². The zero-order valence-corrected chi connectivity index (χ0v) is 11.8. The number of rotatable bonds is 5. The van der Waals surface area contributed by atoms with Gasteiger partial charge < -0.3 is 0 Å². The highest BCUT2D eigenvalue weighted by Gasteiger charge is 2.10. The number of carbonyl (C=O) groups is 1. The first kappa shape index (κ1) is 14.4. The molecule has 1 heterocycles. The molecule has 0 amide bonds. The number of carbonyl (C=O) groups excluding carboxylic acids is 1. The molecule has 0 aliphatic rings. The number of hydrogen-bond acceptors (Lipinski definition) is 2. The highest BCUT2D eigenvalue weighted by atomic mass is 19.1.